The summed E-state index contributed by atoms with van der Waals surface area (Å²) in [5.41, 5.74) is 0.656. The highest BCUT2D eigenvalue weighted by Crippen LogP contribution is 2.14. The first-order chi connectivity index (χ1) is 8.24. The molecule has 0 saturated carbocycles. The van der Waals surface area contributed by atoms with E-state index < -0.39 is 0 Å². The molecule has 4 heteroatoms. The van der Waals surface area contributed by atoms with E-state index in [9.17, 15) is 4.79 Å². The molecule has 0 atom stereocenters. The van der Waals surface area contributed by atoms with Crippen LogP contribution in [0.4, 0.5) is 5.69 Å². The molecule has 1 heterocycles. The summed E-state index contributed by atoms with van der Waals surface area (Å²) in [4.78, 5) is 12.6. The summed E-state index contributed by atoms with van der Waals surface area (Å²) in [5, 5.41) is 13.7. The summed E-state index contributed by atoms with van der Waals surface area (Å²) in [6.45, 7) is 0. The minimum absolute atomic E-state index is 0.178. The maximum Gasteiger partial charge on any atom is 0.248 e. The van der Waals surface area contributed by atoms with Crippen molar-refractivity contribution in [3.63, 3.8) is 0 Å². The molecule has 2 rings (SSSR count). The van der Waals surface area contributed by atoms with Crippen molar-refractivity contribution in [2.24, 2.45) is 0 Å². The highest BCUT2D eigenvalue weighted by Gasteiger charge is 1.97. The lowest BCUT2D eigenvalue weighted by Gasteiger charge is -2.01. The van der Waals surface area contributed by atoms with Crippen molar-refractivity contribution < 1.29 is 9.90 Å². The van der Waals surface area contributed by atoms with E-state index in [2.05, 4.69) is 5.32 Å². The van der Waals surface area contributed by atoms with Gasteiger partial charge in [0.2, 0.25) is 5.91 Å². The quantitative estimate of drug-likeness (QED) is 0.645. The van der Waals surface area contributed by atoms with Crippen molar-refractivity contribution >= 4 is 29.0 Å². The zero-order valence-corrected chi connectivity index (χ0v) is 9.78. The fourth-order valence-corrected chi connectivity index (χ4v) is 1.89. The Bertz CT molecular complexity index is 515. The fourth-order valence-electron chi connectivity index (χ4n) is 1.27. The number of phenolic OH excluding ortho intramolecular Hbond substituents is 1. The first-order valence-corrected chi connectivity index (χ1v) is 5.93. The third-order valence-corrected chi connectivity index (χ3v) is 2.91. The SMILES string of the molecule is O=C(/C=C/c1cccs1)Nc1ccc(O)cc1. The first-order valence-electron chi connectivity index (χ1n) is 5.05. The van der Waals surface area contributed by atoms with Gasteiger partial charge in [0.25, 0.3) is 0 Å². The average Bonchev–Trinajstić information content (AvgIpc) is 2.83. The number of hydrogen-bond acceptors (Lipinski definition) is 3. The van der Waals surface area contributed by atoms with Gasteiger partial charge in [-0.15, -0.1) is 11.3 Å². The molecule has 0 fully saturated rings. The van der Waals surface area contributed by atoms with E-state index >= 15 is 0 Å². The minimum atomic E-state index is -0.191. The molecule has 0 saturated heterocycles. The van der Waals surface area contributed by atoms with Gasteiger partial charge >= 0.3 is 0 Å². The van der Waals surface area contributed by atoms with Gasteiger partial charge < -0.3 is 10.4 Å². The van der Waals surface area contributed by atoms with E-state index in [4.69, 9.17) is 5.11 Å². The van der Waals surface area contributed by atoms with Crippen molar-refractivity contribution in [2.45, 2.75) is 0 Å². The van der Waals surface area contributed by atoms with Crippen molar-refractivity contribution in [2.75, 3.05) is 5.32 Å². The lowest BCUT2D eigenvalue weighted by Crippen LogP contribution is -2.07. The molecule has 2 N–H and O–H groups in total. The van der Waals surface area contributed by atoms with Crippen LogP contribution in [0.1, 0.15) is 4.88 Å². The molecule has 0 bridgehead atoms. The second-order valence-corrected chi connectivity index (χ2v) is 4.36. The van der Waals surface area contributed by atoms with Crippen molar-refractivity contribution in [3.8, 4) is 5.75 Å². The number of carbonyl (C=O) groups excluding carboxylic acids is 1. The van der Waals surface area contributed by atoms with Gasteiger partial charge in [0.05, 0.1) is 0 Å². The topological polar surface area (TPSA) is 49.3 Å². The second kappa shape index (κ2) is 5.32. The van der Waals surface area contributed by atoms with Crippen LogP contribution in [0.2, 0.25) is 0 Å². The van der Waals surface area contributed by atoms with Gasteiger partial charge in [0.15, 0.2) is 0 Å². The van der Waals surface area contributed by atoms with Gasteiger partial charge in [-0.2, -0.15) is 0 Å². The van der Waals surface area contributed by atoms with Crippen LogP contribution in [-0.4, -0.2) is 11.0 Å². The van der Waals surface area contributed by atoms with Crippen molar-refractivity contribution in [3.05, 3.63) is 52.7 Å². The van der Waals surface area contributed by atoms with Crippen LogP contribution in [-0.2, 0) is 4.79 Å². The summed E-state index contributed by atoms with van der Waals surface area (Å²) < 4.78 is 0. The highest BCUT2D eigenvalue weighted by atomic mass is 32.1. The molecule has 1 amide bonds. The van der Waals surface area contributed by atoms with Crippen LogP contribution in [0, 0.1) is 0 Å². The van der Waals surface area contributed by atoms with Crippen LogP contribution < -0.4 is 5.32 Å². The van der Waals surface area contributed by atoms with Crippen LogP contribution in [0.5, 0.6) is 5.75 Å². The second-order valence-electron chi connectivity index (χ2n) is 3.38. The molecule has 0 aliphatic heterocycles. The molecule has 86 valence electrons. The molecule has 0 spiro atoms. The summed E-state index contributed by atoms with van der Waals surface area (Å²) in [7, 11) is 0. The van der Waals surface area contributed by atoms with Gasteiger partial charge in [0.1, 0.15) is 5.75 Å². The van der Waals surface area contributed by atoms with E-state index in [0.29, 0.717) is 5.69 Å². The number of aromatic hydroxyl groups is 1. The van der Waals surface area contributed by atoms with Crippen molar-refractivity contribution in [1.29, 1.82) is 0 Å². The molecule has 3 nitrogen and oxygen atoms in total. The highest BCUT2D eigenvalue weighted by molar-refractivity contribution is 7.10. The third kappa shape index (κ3) is 3.46. The Balaban J connectivity index is 1.95. The number of hydrogen-bond donors (Lipinski definition) is 2. The van der Waals surface area contributed by atoms with Crippen LogP contribution in [0.3, 0.4) is 0 Å². The Morgan fingerprint density at radius 3 is 2.65 bits per heavy atom. The van der Waals surface area contributed by atoms with Gasteiger partial charge in [0, 0.05) is 16.6 Å². The molecular formula is C13H11NO2S. The third-order valence-electron chi connectivity index (χ3n) is 2.08. The number of phenols is 1. The predicted molar refractivity (Wildman–Crippen MR) is 70.1 cm³/mol. The van der Waals surface area contributed by atoms with Crippen LogP contribution >= 0.6 is 11.3 Å². The van der Waals surface area contributed by atoms with Crippen LogP contribution in [0.15, 0.2) is 47.9 Å². The maximum atomic E-state index is 11.5. The number of benzene rings is 1. The largest absolute Gasteiger partial charge is 0.508 e. The number of thiophene rings is 1. The van der Waals surface area contributed by atoms with Gasteiger partial charge in [-0.1, -0.05) is 6.07 Å². The fraction of sp³-hybridized carbons (Fsp3) is 0. The Labute approximate surface area is 103 Å². The monoisotopic (exact) mass is 245 g/mol. The smallest absolute Gasteiger partial charge is 0.248 e. The minimum Gasteiger partial charge on any atom is -0.508 e. The number of anilines is 1. The molecule has 2 aromatic rings. The first kappa shape index (κ1) is 11.4. The normalized spacial score (nSPS) is 10.6. The number of amides is 1. The summed E-state index contributed by atoms with van der Waals surface area (Å²) >= 11 is 1.57. The van der Waals surface area contributed by atoms with E-state index in [0.717, 1.165) is 4.88 Å². The number of rotatable bonds is 3. The lowest BCUT2D eigenvalue weighted by atomic mass is 10.3. The van der Waals surface area contributed by atoms with Crippen LogP contribution in [0.25, 0.3) is 6.08 Å². The molecule has 17 heavy (non-hydrogen) atoms. The summed E-state index contributed by atoms with van der Waals surface area (Å²) in [6, 6.07) is 10.2. The molecular weight excluding hydrogens is 234 g/mol. The predicted octanol–water partition coefficient (Wildman–Crippen LogP) is 3.11. The van der Waals surface area contributed by atoms with Gasteiger partial charge in [-0.3, -0.25) is 4.79 Å². The standard InChI is InChI=1S/C13H11NO2S/c15-11-5-3-10(4-6-11)14-13(16)8-7-12-2-1-9-17-12/h1-9,15H,(H,14,16)/b8-7+. The Morgan fingerprint density at radius 2 is 2.00 bits per heavy atom. The van der Waals surface area contributed by atoms with E-state index in [-0.39, 0.29) is 11.7 Å². The average molecular weight is 245 g/mol. The van der Waals surface area contributed by atoms with Gasteiger partial charge in [-0.05, 0) is 41.8 Å². The Hall–Kier alpha value is -2.07. The Kier molecular flexibility index (Phi) is 3.57. The molecule has 1 aromatic carbocycles. The van der Waals surface area contributed by atoms with E-state index in [1.54, 1.807) is 29.5 Å². The van der Waals surface area contributed by atoms with E-state index in [1.165, 1.54) is 18.2 Å². The molecule has 0 aliphatic rings. The zero-order chi connectivity index (χ0) is 12.1. The summed E-state index contributed by atoms with van der Waals surface area (Å²) in [5.74, 6) is -0.0128. The molecule has 0 unspecified atom stereocenters. The molecule has 0 aliphatic carbocycles. The lowest BCUT2D eigenvalue weighted by molar-refractivity contribution is -0.111. The number of carbonyl (C=O) groups is 1. The Morgan fingerprint density at radius 1 is 1.24 bits per heavy atom. The van der Waals surface area contributed by atoms with Crippen molar-refractivity contribution in [1.82, 2.24) is 0 Å². The summed E-state index contributed by atoms with van der Waals surface area (Å²) in [6.07, 6.45) is 3.25. The van der Waals surface area contributed by atoms with Gasteiger partial charge in [-0.25, -0.2) is 0 Å². The van der Waals surface area contributed by atoms with E-state index in [1.807, 2.05) is 17.5 Å². The molecule has 1 aromatic heterocycles. The maximum absolute atomic E-state index is 11.5. The zero-order valence-electron chi connectivity index (χ0n) is 8.96. The number of nitrogens with one attached hydrogen (secondary N) is 1. The molecule has 0 radical (unpaired) electrons.